The Morgan fingerprint density at radius 2 is 1.67 bits per heavy atom. The van der Waals surface area contributed by atoms with Crippen LogP contribution in [-0.4, -0.2) is 4.98 Å². The fraction of sp³-hybridized carbons (Fsp3) is 0. The number of benzene rings is 1. The Labute approximate surface area is 97.5 Å². The number of nitrogens with zero attached hydrogens (tertiary/aromatic N) is 1. The first-order valence-corrected chi connectivity index (χ1v) is 5.47. The molecule has 15 heavy (non-hydrogen) atoms. The summed E-state index contributed by atoms with van der Waals surface area (Å²) in [5.74, 6) is 0.782. The van der Waals surface area contributed by atoms with Crippen molar-refractivity contribution in [3.63, 3.8) is 0 Å². The summed E-state index contributed by atoms with van der Waals surface area (Å²) >= 11 is 7.07. The number of hydrogen-bond acceptors (Lipinski definition) is 3. The van der Waals surface area contributed by atoms with Crippen LogP contribution >= 0.6 is 23.6 Å². The van der Waals surface area contributed by atoms with Gasteiger partial charge in [-0.3, -0.25) is 4.98 Å². The van der Waals surface area contributed by atoms with Gasteiger partial charge in [-0.15, -0.1) is 0 Å². The third-order valence-electron chi connectivity index (χ3n) is 1.70. The molecule has 0 aliphatic heterocycles. The molecule has 0 bridgehead atoms. The van der Waals surface area contributed by atoms with Gasteiger partial charge in [0.2, 0.25) is 0 Å². The van der Waals surface area contributed by atoms with E-state index in [0.29, 0.717) is 0 Å². The fourth-order valence-corrected chi connectivity index (χ4v) is 1.66. The summed E-state index contributed by atoms with van der Waals surface area (Å²) in [5, 5.41) is 0.725. The maximum Gasteiger partial charge on any atom is 0.140 e. The lowest BCUT2D eigenvalue weighted by molar-refractivity contribution is 0.644. The number of halogens is 1. The number of aromatic nitrogens is 1. The second-order valence-electron chi connectivity index (χ2n) is 2.80. The van der Waals surface area contributed by atoms with E-state index in [4.69, 9.17) is 15.8 Å². The maximum atomic E-state index is 5.77. The van der Waals surface area contributed by atoms with Crippen LogP contribution in [0.25, 0.3) is 0 Å². The highest BCUT2D eigenvalue weighted by molar-refractivity contribution is 7.95. The molecule has 4 heteroatoms. The van der Waals surface area contributed by atoms with Gasteiger partial charge in [0.15, 0.2) is 0 Å². The molecule has 0 radical (unpaired) electrons. The summed E-state index contributed by atoms with van der Waals surface area (Å²) in [6, 6.07) is 11.1. The molecule has 0 amide bonds. The fourth-order valence-electron chi connectivity index (χ4n) is 0.980. The van der Waals surface area contributed by atoms with Crippen LogP contribution in [0.15, 0.2) is 53.7 Å². The molecular formula is C11H8ClNOS. The van der Waals surface area contributed by atoms with Crippen molar-refractivity contribution in [2.45, 2.75) is 4.90 Å². The Kier molecular flexibility index (Phi) is 3.48. The third kappa shape index (κ3) is 3.15. The first kappa shape index (κ1) is 10.3. The van der Waals surface area contributed by atoms with Gasteiger partial charge in [-0.1, -0.05) is 11.6 Å². The largest absolute Gasteiger partial charge is 0.421 e. The van der Waals surface area contributed by atoms with Gasteiger partial charge in [0.25, 0.3) is 0 Å². The first-order valence-electron chi connectivity index (χ1n) is 4.35. The van der Waals surface area contributed by atoms with Gasteiger partial charge in [0.1, 0.15) is 5.75 Å². The molecular weight excluding hydrogens is 230 g/mol. The minimum Gasteiger partial charge on any atom is -0.421 e. The van der Waals surface area contributed by atoms with E-state index in [2.05, 4.69) is 4.98 Å². The second kappa shape index (κ2) is 5.05. The Bertz CT molecular complexity index is 418. The Balaban J connectivity index is 1.96. The van der Waals surface area contributed by atoms with Gasteiger partial charge in [-0.2, -0.15) is 0 Å². The summed E-state index contributed by atoms with van der Waals surface area (Å²) in [6.45, 7) is 0. The predicted octanol–water partition coefficient (Wildman–Crippen LogP) is 3.82. The zero-order valence-corrected chi connectivity index (χ0v) is 9.33. The third-order valence-corrected chi connectivity index (χ3v) is 2.69. The smallest absolute Gasteiger partial charge is 0.140 e. The normalized spacial score (nSPS) is 9.93. The van der Waals surface area contributed by atoms with Gasteiger partial charge < -0.3 is 4.18 Å². The van der Waals surface area contributed by atoms with Crippen LogP contribution in [0.2, 0.25) is 5.02 Å². The first-order chi connectivity index (χ1) is 7.34. The van der Waals surface area contributed by atoms with E-state index in [1.54, 1.807) is 12.4 Å². The number of hydrogen-bond donors (Lipinski definition) is 0. The van der Waals surface area contributed by atoms with Gasteiger partial charge in [-0.05, 0) is 24.3 Å². The van der Waals surface area contributed by atoms with E-state index >= 15 is 0 Å². The van der Waals surface area contributed by atoms with Crippen LogP contribution < -0.4 is 4.18 Å². The second-order valence-corrected chi connectivity index (χ2v) is 4.04. The molecule has 0 spiro atoms. The Hall–Kier alpha value is -1.19. The van der Waals surface area contributed by atoms with Crippen LogP contribution in [0, 0.1) is 0 Å². The van der Waals surface area contributed by atoms with E-state index in [0.717, 1.165) is 15.7 Å². The molecule has 0 unspecified atom stereocenters. The number of rotatable bonds is 3. The average molecular weight is 238 g/mol. The molecule has 0 aliphatic rings. The van der Waals surface area contributed by atoms with Gasteiger partial charge in [0.05, 0.1) is 12.0 Å². The van der Waals surface area contributed by atoms with E-state index in [1.165, 1.54) is 12.0 Å². The van der Waals surface area contributed by atoms with Crippen LogP contribution in [0.4, 0.5) is 0 Å². The quantitative estimate of drug-likeness (QED) is 0.758. The van der Waals surface area contributed by atoms with Crippen LogP contribution in [0.3, 0.4) is 0 Å². The molecule has 0 atom stereocenters. The van der Waals surface area contributed by atoms with Crippen LogP contribution in [0.1, 0.15) is 0 Å². The minimum absolute atomic E-state index is 0.725. The molecule has 0 N–H and O–H groups in total. The highest BCUT2D eigenvalue weighted by atomic mass is 35.5. The predicted molar refractivity (Wildman–Crippen MR) is 62.2 cm³/mol. The highest BCUT2D eigenvalue weighted by Crippen LogP contribution is 2.23. The monoisotopic (exact) mass is 237 g/mol. The molecule has 1 aromatic heterocycles. The van der Waals surface area contributed by atoms with E-state index in [1.807, 2.05) is 36.4 Å². The maximum absolute atomic E-state index is 5.77. The molecule has 2 rings (SSSR count). The molecule has 0 saturated heterocycles. The minimum atomic E-state index is 0.725. The SMILES string of the molecule is Clc1ccc(SOc2ccncc2)cc1. The molecule has 0 saturated carbocycles. The van der Waals surface area contributed by atoms with Gasteiger partial charge >= 0.3 is 0 Å². The van der Waals surface area contributed by atoms with Crippen molar-refractivity contribution in [3.8, 4) is 5.75 Å². The van der Waals surface area contributed by atoms with Crippen molar-refractivity contribution in [1.29, 1.82) is 0 Å². The lowest BCUT2D eigenvalue weighted by Gasteiger charge is -2.02. The van der Waals surface area contributed by atoms with E-state index in [9.17, 15) is 0 Å². The Morgan fingerprint density at radius 3 is 2.33 bits per heavy atom. The van der Waals surface area contributed by atoms with Crippen molar-refractivity contribution in [1.82, 2.24) is 4.98 Å². The van der Waals surface area contributed by atoms with Crippen molar-refractivity contribution in [2.75, 3.05) is 0 Å². The standard InChI is InChI=1S/C11H8ClNOS/c12-9-1-3-11(4-2-9)15-14-10-5-7-13-8-6-10/h1-8H. The van der Waals surface area contributed by atoms with Gasteiger partial charge in [0, 0.05) is 34.4 Å². The van der Waals surface area contributed by atoms with Crippen LogP contribution in [-0.2, 0) is 0 Å². The lowest BCUT2D eigenvalue weighted by Crippen LogP contribution is -1.81. The molecule has 1 aromatic carbocycles. The van der Waals surface area contributed by atoms with E-state index < -0.39 is 0 Å². The summed E-state index contributed by atoms with van der Waals surface area (Å²) in [6.07, 6.45) is 3.38. The summed E-state index contributed by atoms with van der Waals surface area (Å²) < 4.78 is 5.47. The zero-order chi connectivity index (χ0) is 10.5. The van der Waals surface area contributed by atoms with E-state index in [-0.39, 0.29) is 0 Å². The summed E-state index contributed by atoms with van der Waals surface area (Å²) in [7, 11) is 0. The molecule has 0 fully saturated rings. The van der Waals surface area contributed by atoms with Crippen molar-refractivity contribution in [2.24, 2.45) is 0 Å². The summed E-state index contributed by atoms with van der Waals surface area (Å²) in [5.41, 5.74) is 0. The zero-order valence-electron chi connectivity index (χ0n) is 7.76. The van der Waals surface area contributed by atoms with Gasteiger partial charge in [-0.25, -0.2) is 0 Å². The Morgan fingerprint density at radius 1 is 1.00 bits per heavy atom. The van der Waals surface area contributed by atoms with Crippen LogP contribution in [0.5, 0.6) is 5.75 Å². The molecule has 2 aromatic rings. The lowest BCUT2D eigenvalue weighted by atomic mass is 10.4. The topological polar surface area (TPSA) is 22.1 Å². The van der Waals surface area contributed by atoms with Crippen molar-refractivity contribution < 1.29 is 4.18 Å². The molecule has 2 nitrogen and oxygen atoms in total. The summed E-state index contributed by atoms with van der Waals surface area (Å²) in [4.78, 5) is 4.92. The van der Waals surface area contributed by atoms with Crippen molar-refractivity contribution >= 4 is 23.6 Å². The van der Waals surface area contributed by atoms with Crippen molar-refractivity contribution in [3.05, 3.63) is 53.8 Å². The molecule has 1 heterocycles. The average Bonchev–Trinajstić information content (AvgIpc) is 2.30. The molecule has 0 aliphatic carbocycles. The molecule has 76 valence electrons. The number of pyridine rings is 1. The highest BCUT2D eigenvalue weighted by Gasteiger charge is 1.96.